The molecular formula is C12H15F3N2O3S. The highest BCUT2D eigenvalue weighted by Gasteiger charge is 2.26. The lowest BCUT2D eigenvalue weighted by molar-refractivity contribution is -0.139. The molecule has 3 N–H and O–H groups in total. The van der Waals surface area contributed by atoms with Gasteiger partial charge in [0, 0.05) is 17.8 Å². The number of amides is 2. The molecule has 0 fully saturated rings. The van der Waals surface area contributed by atoms with Gasteiger partial charge in [-0.2, -0.15) is 13.2 Å². The van der Waals surface area contributed by atoms with E-state index in [2.05, 4.69) is 10.6 Å². The maximum absolute atomic E-state index is 11.9. The van der Waals surface area contributed by atoms with Gasteiger partial charge >= 0.3 is 18.2 Å². The number of thiophene rings is 1. The predicted molar refractivity (Wildman–Crippen MR) is 71.1 cm³/mol. The van der Waals surface area contributed by atoms with Crippen LogP contribution in [-0.4, -0.2) is 29.8 Å². The van der Waals surface area contributed by atoms with E-state index in [0.29, 0.717) is 4.88 Å². The van der Waals surface area contributed by atoms with Gasteiger partial charge in [-0.3, -0.25) is 0 Å². The zero-order chi connectivity index (χ0) is 15.9. The van der Waals surface area contributed by atoms with Crippen molar-refractivity contribution >= 4 is 23.3 Å². The van der Waals surface area contributed by atoms with Crippen molar-refractivity contribution in [2.75, 3.05) is 6.54 Å². The highest BCUT2D eigenvalue weighted by atomic mass is 32.1. The SMILES string of the molecule is O=C(NCCCCC(F)(F)F)NC(C(=O)O)c1cccs1. The summed E-state index contributed by atoms with van der Waals surface area (Å²) in [6, 6.07) is 1.35. The molecule has 21 heavy (non-hydrogen) atoms. The molecule has 0 radical (unpaired) electrons. The summed E-state index contributed by atoms with van der Waals surface area (Å²) in [6.07, 6.45) is -5.01. The molecule has 118 valence electrons. The van der Waals surface area contributed by atoms with Gasteiger partial charge in [0.2, 0.25) is 0 Å². The van der Waals surface area contributed by atoms with Crippen LogP contribution in [0.1, 0.15) is 30.2 Å². The molecule has 1 aromatic heterocycles. The molecule has 0 aliphatic rings. The van der Waals surface area contributed by atoms with Crippen LogP contribution in [0.3, 0.4) is 0 Å². The van der Waals surface area contributed by atoms with Gasteiger partial charge in [0.15, 0.2) is 6.04 Å². The zero-order valence-corrected chi connectivity index (χ0v) is 11.8. The lowest BCUT2D eigenvalue weighted by Crippen LogP contribution is -2.41. The first-order valence-electron chi connectivity index (χ1n) is 6.17. The van der Waals surface area contributed by atoms with E-state index >= 15 is 0 Å². The van der Waals surface area contributed by atoms with Crippen LogP contribution in [0.25, 0.3) is 0 Å². The Labute approximate surface area is 123 Å². The number of carbonyl (C=O) groups excluding carboxylic acids is 1. The quantitative estimate of drug-likeness (QED) is 0.675. The minimum Gasteiger partial charge on any atom is -0.479 e. The Balaban J connectivity index is 2.30. The maximum atomic E-state index is 11.9. The van der Waals surface area contributed by atoms with Crippen molar-refractivity contribution in [1.82, 2.24) is 10.6 Å². The molecule has 0 aromatic carbocycles. The summed E-state index contributed by atoms with van der Waals surface area (Å²) in [5.74, 6) is -1.20. The van der Waals surface area contributed by atoms with Crippen molar-refractivity contribution < 1.29 is 27.9 Å². The lowest BCUT2D eigenvalue weighted by Gasteiger charge is -2.14. The first-order valence-corrected chi connectivity index (χ1v) is 7.05. The fourth-order valence-corrected chi connectivity index (χ4v) is 2.31. The predicted octanol–water partition coefficient (Wildman–Crippen LogP) is 2.91. The number of nitrogens with one attached hydrogen (secondary N) is 2. The number of halogens is 3. The van der Waals surface area contributed by atoms with Crippen LogP contribution in [0.2, 0.25) is 0 Å². The van der Waals surface area contributed by atoms with Gasteiger partial charge in [-0.05, 0) is 24.3 Å². The molecular weight excluding hydrogens is 309 g/mol. The largest absolute Gasteiger partial charge is 0.479 e. The van der Waals surface area contributed by atoms with Gasteiger partial charge in [0.05, 0.1) is 0 Å². The average Bonchev–Trinajstić information content (AvgIpc) is 2.87. The van der Waals surface area contributed by atoms with Crippen LogP contribution in [0.4, 0.5) is 18.0 Å². The van der Waals surface area contributed by atoms with Gasteiger partial charge < -0.3 is 15.7 Å². The number of hydrogen-bond donors (Lipinski definition) is 3. The van der Waals surface area contributed by atoms with Gasteiger partial charge in [-0.25, -0.2) is 9.59 Å². The third kappa shape index (κ3) is 6.98. The van der Waals surface area contributed by atoms with Crippen LogP contribution >= 0.6 is 11.3 Å². The van der Waals surface area contributed by atoms with E-state index < -0.39 is 30.6 Å². The number of alkyl halides is 3. The second-order valence-electron chi connectivity index (χ2n) is 4.26. The van der Waals surface area contributed by atoms with E-state index in [4.69, 9.17) is 5.11 Å². The summed E-state index contributed by atoms with van der Waals surface area (Å²) in [4.78, 5) is 23.0. The van der Waals surface area contributed by atoms with Crippen LogP contribution < -0.4 is 10.6 Å². The molecule has 0 aliphatic heterocycles. The first kappa shape index (κ1) is 17.3. The van der Waals surface area contributed by atoms with E-state index in [1.165, 1.54) is 11.3 Å². The Bertz CT molecular complexity index is 463. The summed E-state index contributed by atoms with van der Waals surface area (Å²) in [6.45, 7) is 0.0543. The average molecular weight is 324 g/mol. The van der Waals surface area contributed by atoms with Crippen LogP contribution in [0.15, 0.2) is 17.5 Å². The molecule has 1 rings (SSSR count). The van der Waals surface area contributed by atoms with Gasteiger partial charge in [0.25, 0.3) is 0 Å². The van der Waals surface area contributed by atoms with E-state index in [-0.39, 0.29) is 19.4 Å². The number of carboxylic acid groups (broad SMARTS) is 1. The van der Waals surface area contributed by atoms with Crippen LogP contribution in [0.5, 0.6) is 0 Å². The highest BCUT2D eigenvalue weighted by molar-refractivity contribution is 7.10. The molecule has 0 saturated heterocycles. The first-order chi connectivity index (χ1) is 9.79. The van der Waals surface area contributed by atoms with E-state index in [9.17, 15) is 22.8 Å². The standard InChI is InChI=1S/C12H15F3N2O3S/c13-12(14,15)5-1-2-6-16-11(20)17-9(10(18)19)8-4-3-7-21-8/h3-4,7,9H,1-2,5-6H2,(H,18,19)(H2,16,17,20). The van der Waals surface area contributed by atoms with Gasteiger partial charge in [-0.1, -0.05) is 6.07 Å². The third-order valence-corrected chi connectivity index (χ3v) is 3.46. The Morgan fingerprint density at radius 1 is 1.33 bits per heavy atom. The van der Waals surface area contributed by atoms with Crippen molar-refractivity contribution in [3.05, 3.63) is 22.4 Å². The zero-order valence-electron chi connectivity index (χ0n) is 10.9. The second kappa shape index (κ2) is 7.87. The van der Waals surface area contributed by atoms with Crippen molar-refractivity contribution in [3.63, 3.8) is 0 Å². The molecule has 0 bridgehead atoms. The number of hydrogen-bond acceptors (Lipinski definition) is 3. The Morgan fingerprint density at radius 2 is 2.05 bits per heavy atom. The van der Waals surface area contributed by atoms with Crippen molar-refractivity contribution in [2.24, 2.45) is 0 Å². The minimum absolute atomic E-state index is 0.0543. The summed E-state index contributed by atoms with van der Waals surface area (Å²) in [5, 5.41) is 15.3. The Morgan fingerprint density at radius 3 is 2.57 bits per heavy atom. The Hall–Kier alpha value is -1.77. The number of aliphatic carboxylic acids is 1. The monoisotopic (exact) mass is 324 g/mol. The normalized spacial score (nSPS) is 12.7. The van der Waals surface area contributed by atoms with Crippen LogP contribution in [-0.2, 0) is 4.79 Å². The summed E-state index contributed by atoms with van der Waals surface area (Å²) in [7, 11) is 0. The molecule has 5 nitrogen and oxygen atoms in total. The Kier molecular flexibility index (Phi) is 6.47. The van der Waals surface area contributed by atoms with Gasteiger partial charge in [-0.15, -0.1) is 11.3 Å². The topological polar surface area (TPSA) is 78.4 Å². The molecule has 0 aliphatic carbocycles. The van der Waals surface area contributed by atoms with Crippen LogP contribution in [0, 0.1) is 0 Å². The van der Waals surface area contributed by atoms with E-state index in [1.54, 1.807) is 17.5 Å². The number of unbranched alkanes of at least 4 members (excludes halogenated alkanes) is 1. The minimum atomic E-state index is -4.20. The molecule has 1 atom stereocenters. The number of urea groups is 1. The molecule has 0 spiro atoms. The third-order valence-electron chi connectivity index (χ3n) is 2.52. The molecule has 9 heteroatoms. The summed E-state index contributed by atoms with van der Waals surface area (Å²) >= 11 is 1.19. The number of carbonyl (C=O) groups is 2. The summed E-state index contributed by atoms with van der Waals surface area (Å²) < 4.78 is 35.7. The van der Waals surface area contributed by atoms with E-state index in [0.717, 1.165) is 0 Å². The van der Waals surface area contributed by atoms with Crippen molar-refractivity contribution in [1.29, 1.82) is 0 Å². The lowest BCUT2D eigenvalue weighted by atomic mass is 10.2. The fraction of sp³-hybridized carbons (Fsp3) is 0.500. The van der Waals surface area contributed by atoms with Crippen molar-refractivity contribution in [3.8, 4) is 0 Å². The highest BCUT2D eigenvalue weighted by Crippen LogP contribution is 2.22. The molecule has 1 aromatic rings. The molecule has 2 amide bonds. The van der Waals surface area contributed by atoms with E-state index in [1.807, 2.05) is 0 Å². The smallest absolute Gasteiger partial charge is 0.389 e. The second-order valence-corrected chi connectivity index (χ2v) is 5.24. The maximum Gasteiger partial charge on any atom is 0.389 e. The summed E-state index contributed by atoms with van der Waals surface area (Å²) in [5.41, 5.74) is 0. The van der Waals surface area contributed by atoms with Crippen molar-refractivity contribution in [2.45, 2.75) is 31.5 Å². The number of carboxylic acids is 1. The molecule has 0 saturated carbocycles. The number of rotatable bonds is 7. The fourth-order valence-electron chi connectivity index (χ4n) is 1.54. The van der Waals surface area contributed by atoms with Gasteiger partial charge in [0.1, 0.15) is 0 Å². The molecule has 1 unspecified atom stereocenters. The molecule has 1 heterocycles.